The van der Waals surface area contributed by atoms with Crippen molar-refractivity contribution in [2.75, 3.05) is 0 Å². The van der Waals surface area contributed by atoms with Crippen LogP contribution in [0.2, 0.25) is 0 Å². The lowest BCUT2D eigenvalue weighted by Crippen LogP contribution is -2.13. The van der Waals surface area contributed by atoms with E-state index in [1.807, 2.05) is 19.1 Å². The Morgan fingerprint density at radius 3 is 3.00 bits per heavy atom. The topological polar surface area (TPSA) is 40.9 Å². The molecule has 3 heteroatoms. The average molecular weight is 196 g/mol. The van der Waals surface area contributed by atoms with Gasteiger partial charge in [-0.2, -0.15) is 5.26 Å². The number of carbonyl (C=O) groups excluding carboxylic acids is 1. The molecule has 0 saturated carbocycles. The number of hydrogen-bond acceptors (Lipinski definition) is 2. The van der Waals surface area contributed by atoms with Crippen LogP contribution >= 0.6 is 11.6 Å². The Morgan fingerprint density at radius 1 is 1.77 bits per heavy atom. The van der Waals surface area contributed by atoms with Crippen LogP contribution in [-0.4, -0.2) is 11.2 Å². The van der Waals surface area contributed by atoms with Crippen LogP contribution in [0.15, 0.2) is 23.8 Å². The Balaban J connectivity index is 2.74. The van der Waals surface area contributed by atoms with Gasteiger partial charge in [-0.25, -0.2) is 0 Å². The van der Waals surface area contributed by atoms with Crippen molar-refractivity contribution in [2.24, 2.45) is 5.92 Å². The van der Waals surface area contributed by atoms with Crippen molar-refractivity contribution in [2.45, 2.75) is 18.7 Å². The Hall–Kier alpha value is -1.07. The molecule has 0 aromatic heterocycles. The van der Waals surface area contributed by atoms with Crippen molar-refractivity contribution in [3.05, 3.63) is 23.8 Å². The molecule has 0 amide bonds. The molecular formula is C10H10ClNO. The summed E-state index contributed by atoms with van der Waals surface area (Å²) < 4.78 is 0. The van der Waals surface area contributed by atoms with E-state index >= 15 is 0 Å². The van der Waals surface area contributed by atoms with Crippen molar-refractivity contribution < 1.29 is 4.79 Å². The van der Waals surface area contributed by atoms with Crippen LogP contribution in [0.4, 0.5) is 0 Å². The van der Waals surface area contributed by atoms with Crippen molar-refractivity contribution in [3.8, 4) is 6.07 Å². The van der Waals surface area contributed by atoms with Crippen molar-refractivity contribution in [3.63, 3.8) is 0 Å². The maximum atomic E-state index is 11.3. The van der Waals surface area contributed by atoms with Gasteiger partial charge >= 0.3 is 0 Å². The highest BCUT2D eigenvalue weighted by Gasteiger charge is 2.17. The third kappa shape index (κ3) is 2.43. The fourth-order valence-electron chi connectivity index (χ4n) is 1.16. The summed E-state index contributed by atoms with van der Waals surface area (Å²) >= 11 is 5.91. The molecule has 13 heavy (non-hydrogen) atoms. The third-order valence-electron chi connectivity index (χ3n) is 1.97. The molecule has 0 bridgehead atoms. The van der Waals surface area contributed by atoms with Gasteiger partial charge in [0.1, 0.15) is 0 Å². The van der Waals surface area contributed by atoms with Crippen molar-refractivity contribution >= 4 is 17.4 Å². The van der Waals surface area contributed by atoms with Gasteiger partial charge in [-0.15, -0.1) is 11.6 Å². The van der Waals surface area contributed by atoms with Gasteiger partial charge in [-0.1, -0.05) is 25.2 Å². The minimum absolute atomic E-state index is 0.0429. The van der Waals surface area contributed by atoms with Gasteiger partial charge in [0.25, 0.3) is 0 Å². The van der Waals surface area contributed by atoms with Crippen LogP contribution < -0.4 is 0 Å². The highest BCUT2D eigenvalue weighted by Crippen LogP contribution is 2.22. The van der Waals surface area contributed by atoms with E-state index in [1.54, 1.807) is 12.2 Å². The zero-order chi connectivity index (χ0) is 9.84. The van der Waals surface area contributed by atoms with Gasteiger partial charge in [0, 0.05) is 5.57 Å². The summed E-state index contributed by atoms with van der Waals surface area (Å²) in [5.74, 6) is 0.0264. The van der Waals surface area contributed by atoms with Crippen LogP contribution in [0.25, 0.3) is 0 Å². The summed E-state index contributed by atoms with van der Waals surface area (Å²) in [7, 11) is 0. The molecule has 0 aromatic carbocycles. The maximum absolute atomic E-state index is 11.3. The quantitative estimate of drug-likeness (QED) is 0.634. The van der Waals surface area contributed by atoms with Crippen molar-refractivity contribution in [1.82, 2.24) is 0 Å². The molecule has 68 valence electrons. The Morgan fingerprint density at radius 2 is 2.46 bits per heavy atom. The summed E-state index contributed by atoms with van der Waals surface area (Å²) in [4.78, 5) is 11.3. The van der Waals surface area contributed by atoms with Crippen LogP contribution in [0.5, 0.6) is 0 Å². The van der Waals surface area contributed by atoms with Crippen LogP contribution in [0.1, 0.15) is 13.3 Å². The fraction of sp³-hybridized carbons (Fsp3) is 0.400. The molecule has 0 fully saturated rings. The molecule has 2 atom stereocenters. The van der Waals surface area contributed by atoms with Gasteiger partial charge in [-0.05, 0) is 5.92 Å². The average Bonchev–Trinajstić information content (AvgIpc) is 2.10. The summed E-state index contributed by atoms with van der Waals surface area (Å²) in [5, 5.41) is 8.29. The zero-order valence-electron chi connectivity index (χ0n) is 7.33. The molecule has 2 unspecified atom stereocenters. The van der Waals surface area contributed by atoms with E-state index < -0.39 is 0 Å². The number of carbonyl (C=O) groups is 1. The van der Waals surface area contributed by atoms with Gasteiger partial charge in [0.15, 0.2) is 5.78 Å². The highest BCUT2D eigenvalue weighted by molar-refractivity contribution is 6.22. The molecule has 0 heterocycles. The first kappa shape index (κ1) is 10.0. The minimum atomic E-state index is -0.130. The lowest BCUT2D eigenvalue weighted by molar-refractivity contribution is -0.114. The molecule has 0 saturated heterocycles. The highest BCUT2D eigenvalue weighted by atomic mass is 35.5. The van der Waals surface area contributed by atoms with E-state index in [4.69, 9.17) is 16.9 Å². The molecule has 1 aliphatic rings. The normalized spacial score (nSPS) is 26.4. The Kier molecular flexibility index (Phi) is 3.27. The number of allylic oxidation sites excluding steroid dienone is 4. The number of rotatable bonds is 2. The molecule has 0 aromatic rings. The monoisotopic (exact) mass is 195 g/mol. The number of nitriles is 1. The summed E-state index contributed by atoms with van der Waals surface area (Å²) in [6.07, 6.45) is 5.24. The molecule has 1 aliphatic carbocycles. The number of nitrogens with zero attached hydrogens (tertiary/aromatic N) is 1. The lowest BCUT2D eigenvalue weighted by Gasteiger charge is -2.15. The van der Waals surface area contributed by atoms with E-state index in [-0.39, 0.29) is 23.5 Å². The van der Waals surface area contributed by atoms with Crippen molar-refractivity contribution in [1.29, 1.82) is 5.26 Å². The smallest absolute Gasteiger partial charge is 0.176 e. The fourth-order valence-corrected chi connectivity index (χ4v) is 1.31. The lowest BCUT2D eigenvalue weighted by atomic mass is 9.94. The summed E-state index contributed by atoms with van der Waals surface area (Å²) in [5.41, 5.74) is 0.603. The molecule has 0 radical (unpaired) electrons. The molecule has 1 rings (SSSR count). The molecule has 2 nitrogen and oxygen atoms in total. The zero-order valence-corrected chi connectivity index (χ0v) is 8.08. The second-order valence-electron chi connectivity index (χ2n) is 3.04. The van der Waals surface area contributed by atoms with E-state index in [0.29, 0.717) is 5.57 Å². The van der Waals surface area contributed by atoms with Gasteiger partial charge in [0.2, 0.25) is 0 Å². The number of ketones is 1. The summed E-state index contributed by atoms with van der Waals surface area (Å²) in [6, 6.07) is 1.83. The molecular weight excluding hydrogens is 186 g/mol. The SMILES string of the molecule is CC1C=C(C(=O)CC#N)C=CC1Cl. The third-order valence-corrected chi connectivity index (χ3v) is 2.51. The van der Waals surface area contributed by atoms with E-state index in [9.17, 15) is 4.79 Å². The van der Waals surface area contributed by atoms with Crippen LogP contribution in [0, 0.1) is 17.2 Å². The Labute approximate surface area is 82.5 Å². The number of hydrogen-bond donors (Lipinski definition) is 0. The van der Waals surface area contributed by atoms with Gasteiger partial charge in [-0.3, -0.25) is 4.79 Å². The van der Waals surface area contributed by atoms with E-state index in [1.165, 1.54) is 0 Å². The Bertz CT molecular complexity index is 311. The minimum Gasteiger partial charge on any atom is -0.293 e. The standard InChI is InChI=1S/C10H10ClNO/c1-7-6-8(2-3-9(7)11)10(13)4-5-12/h2-3,6-7,9H,4H2,1H3. The molecule has 0 N–H and O–H groups in total. The second kappa shape index (κ2) is 4.25. The molecule has 0 spiro atoms. The predicted molar refractivity (Wildman–Crippen MR) is 51.3 cm³/mol. The largest absolute Gasteiger partial charge is 0.293 e. The van der Waals surface area contributed by atoms with Gasteiger partial charge in [0.05, 0.1) is 17.9 Å². The second-order valence-corrected chi connectivity index (χ2v) is 3.55. The van der Waals surface area contributed by atoms with E-state index in [0.717, 1.165) is 0 Å². The summed E-state index contributed by atoms with van der Waals surface area (Å²) in [6.45, 7) is 1.95. The first-order valence-corrected chi connectivity index (χ1v) is 4.53. The van der Waals surface area contributed by atoms with E-state index in [2.05, 4.69) is 0 Å². The predicted octanol–water partition coefficient (Wildman–Crippen LogP) is 2.21. The number of Topliss-reactive ketones (excluding diaryl/α,β-unsaturated/α-hetero) is 1. The maximum Gasteiger partial charge on any atom is 0.176 e. The first-order chi connectivity index (χ1) is 6.15. The van der Waals surface area contributed by atoms with Crippen LogP contribution in [0.3, 0.4) is 0 Å². The first-order valence-electron chi connectivity index (χ1n) is 4.09. The number of halogens is 1. The molecule has 0 aliphatic heterocycles. The van der Waals surface area contributed by atoms with Crippen LogP contribution in [-0.2, 0) is 4.79 Å². The van der Waals surface area contributed by atoms with Gasteiger partial charge < -0.3 is 0 Å². The number of alkyl halides is 1.